The summed E-state index contributed by atoms with van der Waals surface area (Å²) >= 11 is 5.83. The summed E-state index contributed by atoms with van der Waals surface area (Å²) in [5.41, 5.74) is -1.80. The molecule has 1 aromatic heterocycles. The average Bonchev–Trinajstić information content (AvgIpc) is 3.01. The Morgan fingerprint density at radius 1 is 1.37 bits per heavy atom. The minimum Gasteiger partial charge on any atom is -0.486 e. The number of sulfonamides is 1. The second-order valence-electron chi connectivity index (χ2n) is 6.06. The topological polar surface area (TPSA) is 104 Å². The third-order valence-corrected chi connectivity index (χ3v) is 6.34. The molecule has 0 unspecified atom stereocenters. The number of hydrogen-bond donors (Lipinski definition) is 2. The fraction of sp³-hybridized carbons (Fsp3) is 0.294. The summed E-state index contributed by atoms with van der Waals surface area (Å²) in [5, 5.41) is 20.8. The SMILES string of the molecule is [C-]#[N+]c1ncccc1S(=O)(=O)N1C[C@H](Oc2ccc(Cl)cc2)[C@](O)(CO)C1. The molecule has 0 bridgehead atoms. The van der Waals surface area contributed by atoms with E-state index in [1.807, 2.05) is 0 Å². The van der Waals surface area contributed by atoms with Gasteiger partial charge in [0.15, 0.2) is 0 Å². The molecule has 1 aliphatic heterocycles. The van der Waals surface area contributed by atoms with Gasteiger partial charge in [0.1, 0.15) is 28.5 Å². The van der Waals surface area contributed by atoms with E-state index in [1.54, 1.807) is 24.3 Å². The smallest absolute Gasteiger partial charge is 0.289 e. The lowest BCUT2D eigenvalue weighted by Crippen LogP contribution is -2.48. The zero-order chi connectivity index (χ0) is 19.7. The van der Waals surface area contributed by atoms with Crippen LogP contribution < -0.4 is 4.74 Å². The van der Waals surface area contributed by atoms with Gasteiger partial charge in [-0.05, 0) is 36.4 Å². The molecule has 0 radical (unpaired) electrons. The highest BCUT2D eigenvalue weighted by Crippen LogP contribution is 2.33. The number of aliphatic hydroxyl groups excluding tert-OH is 1. The van der Waals surface area contributed by atoms with Gasteiger partial charge in [-0.25, -0.2) is 8.42 Å². The maximum absolute atomic E-state index is 12.9. The van der Waals surface area contributed by atoms with Crippen LogP contribution in [0, 0.1) is 6.57 Å². The number of hydrogen-bond acceptors (Lipinski definition) is 6. The van der Waals surface area contributed by atoms with E-state index in [9.17, 15) is 18.6 Å². The molecule has 2 atom stereocenters. The highest BCUT2D eigenvalue weighted by atomic mass is 35.5. The predicted octanol–water partition coefficient (Wildman–Crippen LogP) is 1.46. The van der Waals surface area contributed by atoms with Crippen molar-refractivity contribution < 1.29 is 23.4 Å². The standard InChI is InChI=1S/C17H16ClN3O5S/c1-19-16-14(3-2-8-20-16)27(24,25)21-9-15(17(23,10-21)11-22)26-13-6-4-12(18)5-7-13/h2-8,15,22-23H,9-11H2/t15-,17+/m0/s1. The van der Waals surface area contributed by atoms with E-state index in [-0.39, 0.29) is 23.8 Å². The van der Waals surface area contributed by atoms with Crippen LogP contribution in [0.25, 0.3) is 4.85 Å². The quantitative estimate of drug-likeness (QED) is 0.724. The number of ether oxygens (including phenoxy) is 1. The number of benzene rings is 1. The van der Waals surface area contributed by atoms with Gasteiger partial charge in [0.2, 0.25) is 10.0 Å². The summed E-state index contributed by atoms with van der Waals surface area (Å²) in [5.74, 6) is 0.117. The number of β-amino-alcohol motifs (C(OH)–C–C–N with tert-alkyl or cyclic N) is 1. The van der Waals surface area contributed by atoms with Crippen molar-refractivity contribution in [1.29, 1.82) is 0 Å². The summed E-state index contributed by atoms with van der Waals surface area (Å²) in [6.45, 7) is 5.84. The molecule has 1 aromatic carbocycles. The Morgan fingerprint density at radius 3 is 2.70 bits per heavy atom. The third-order valence-electron chi connectivity index (χ3n) is 4.26. The highest BCUT2D eigenvalue weighted by Gasteiger charge is 2.51. The molecule has 0 aliphatic carbocycles. The molecular weight excluding hydrogens is 394 g/mol. The molecule has 2 N–H and O–H groups in total. The lowest BCUT2D eigenvalue weighted by molar-refractivity contribution is -0.0640. The lowest BCUT2D eigenvalue weighted by atomic mass is 10.0. The Hall–Kier alpha value is -2.22. The Bertz CT molecular complexity index is 977. The minimum atomic E-state index is -4.11. The molecule has 8 nitrogen and oxygen atoms in total. The van der Waals surface area contributed by atoms with Crippen LogP contribution in [0.15, 0.2) is 47.5 Å². The molecule has 0 amide bonds. The van der Waals surface area contributed by atoms with Crippen LogP contribution in [0.4, 0.5) is 5.82 Å². The van der Waals surface area contributed by atoms with Crippen LogP contribution >= 0.6 is 11.6 Å². The third kappa shape index (κ3) is 3.76. The zero-order valence-corrected chi connectivity index (χ0v) is 15.6. The Kier molecular flexibility index (Phi) is 5.37. The molecule has 1 fully saturated rings. The summed E-state index contributed by atoms with van der Waals surface area (Å²) in [4.78, 5) is 6.65. The summed E-state index contributed by atoms with van der Waals surface area (Å²) in [6, 6.07) is 9.04. The first-order chi connectivity index (χ1) is 12.8. The van der Waals surface area contributed by atoms with Gasteiger partial charge in [-0.15, -0.1) is 4.98 Å². The molecule has 10 heteroatoms. The molecule has 0 spiro atoms. The molecule has 142 valence electrons. The van der Waals surface area contributed by atoms with Crippen LogP contribution in [-0.2, 0) is 10.0 Å². The van der Waals surface area contributed by atoms with E-state index in [0.717, 1.165) is 4.31 Å². The maximum Gasteiger partial charge on any atom is 0.289 e. The van der Waals surface area contributed by atoms with Gasteiger partial charge in [0.05, 0.1) is 13.2 Å². The predicted molar refractivity (Wildman–Crippen MR) is 97.2 cm³/mol. The van der Waals surface area contributed by atoms with E-state index in [2.05, 4.69) is 9.83 Å². The van der Waals surface area contributed by atoms with Crippen LogP contribution in [0.5, 0.6) is 5.75 Å². The first-order valence-electron chi connectivity index (χ1n) is 7.88. The molecule has 2 aromatic rings. The van der Waals surface area contributed by atoms with Crippen LogP contribution in [-0.4, -0.2) is 59.3 Å². The van der Waals surface area contributed by atoms with Gasteiger partial charge in [-0.2, -0.15) is 4.31 Å². The van der Waals surface area contributed by atoms with E-state index < -0.39 is 28.3 Å². The van der Waals surface area contributed by atoms with E-state index in [0.29, 0.717) is 10.8 Å². The van der Waals surface area contributed by atoms with Crippen LogP contribution in [0.2, 0.25) is 5.02 Å². The monoisotopic (exact) mass is 409 g/mol. The largest absolute Gasteiger partial charge is 0.486 e. The van der Waals surface area contributed by atoms with Gasteiger partial charge in [0, 0.05) is 11.6 Å². The number of nitrogens with zero attached hydrogens (tertiary/aromatic N) is 3. The first kappa shape index (κ1) is 19.5. The number of rotatable bonds is 5. The molecule has 27 heavy (non-hydrogen) atoms. The highest BCUT2D eigenvalue weighted by molar-refractivity contribution is 7.89. The van der Waals surface area contributed by atoms with Gasteiger partial charge in [0.25, 0.3) is 5.82 Å². The average molecular weight is 410 g/mol. The molecule has 1 saturated heterocycles. The van der Waals surface area contributed by atoms with Crippen LogP contribution in [0.1, 0.15) is 0 Å². The van der Waals surface area contributed by atoms with E-state index in [1.165, 1.54) is 18.3 Å². The van der Waals surface area contributed by atoms with Gasteiger partial charge >= 0.3 is 0 Å². The molecular formula is C17H16ClN3O5S. The van der Waals surface area contributed by atoms with Gasteiger partial charge in [-0.1, -0.05) is 18.2 Å². The molecule has 0 saturated carbocycles. The second kappa shape index (κ2) is 7.42. The summed E-state index contributed by atoms with van der Waals surface area (Å²) < 4.78 is 32.6. The summed E-state index contributed by atoms with van der Waals surface area (Å²) in [6.07, 6.45) is 0.318. The van der Waals surface area contributed by atoms with Gasteiger partial charge in [-0.3, -0.25) is 0 Å². The van der Waals surface area contributed by atoms with Crippen molar-refractivity contribution >= 4 is 27.4 Å². The number of halogens is 1. The van der Waals surface area contributed by atoms with Crippen molar-refractivity contribution in [1.82, 2.24) is 9.29 Å². The minimum absolute atomic E-state index is 0.200. The molecule has 3 rings (SSSR count). The lowest BCUT2D eigenvalue weighted by Gasteiger charge is -2.27. The van der Waals surface area contributed by atoms with Crippen molar-refractivity contribution in [3.8, 4) is 5.75 Å². The Morgan fingerprint density at radius 2 is 2.07 bits per heavy atom. The van der Waals surface area contributed by atoms with Crippen molar-refractivity contribution in [3.63, 3.8) is 0 Å². The molecule has 1 aliphatic rings. The van der Waals surface area contributed by atoms with Crippen molar-refractivity contribution in [3.05, 3.63) is 59.0 Å². The fourth-order valence-electron chi connectivity index (χ4n) is 2.79. The Balaban J connectivity index is 1.90. The number of aromatic nitrogens is 1. The van der Waals surface area contributed by atoms with Gasteiger partial charge < -0.3 is 19.8 Å². The van der Waals surface area contributed by atoms with Crippen molar-refractivity contribution in [2.24, 2.45) is 0 Å². The second-order valence-corrected chi connectivity index (χ2v) is 8.40. The normalized spacial score (nSPS) is 23.1. The van der Waals surface area contributed by atoms with Crippen LogP contribution in [0.3, 0.4) is 0 Å². The number of pyridine rings is 1. The summed E-state index contributed by atoms with van der Waals surface area (Å²) in [7, 11) is -4.11. The fourth-order valence-corrected chi connectivity index (χ4v) is 4.50. The van der Waals surface area contributed by atoms with E-state index >= 15 is 0 Å². The van der Waals surface area contributed by atoms with E-state index in [4.69, 9.17) is 22.9 Å². The molecule has 2 heterocycles. The van der Waals surface area contributed by atoms with Crippen molar-refractivity contribution in [2.75, 3.05) is 19.7 Å². The Labute approximate surface area is 161 Å². The zero-order valence-electron chi connectivity index (χ0n) is 14.0. The first-order valence-corrected chi connectivity index (χ1v) is 9.70. The number of aliphatic hydroxyl groups is 2. The van der Waals surface area contributed by atoms with Crippen molar-refractivity contribution in [2.45, 2.75) is 16.6 Å². The maximum atomic E-state index is 12.9.